The van der Waals surface area contributed by atoms with E-state index in [2.05, 4.69) is 48.9 Å². The molecular weight excluding hydrogens is 198 g/mol. The molecule has 0 atom stereocenters. The maximum Gasteiger partial charge on any atom is 0.0597 e. The third kappa shape index (κ3) is 2.46. The average Bonchev–Trinajstić information content (AvgIpc) is 3.01. The molecule has 3 heteroatoms. The van der Waals surface area contributed by atoms with E-state index < -0.39 is 0 Å². The van der Waals surface area contributed by atoms with Crippen LogP contribution in [-0.4, -0.2) is 15.3 Å². The van der Waals surface area contributed by atoms with Gasteiger partial charge in [0, 0.05) is 18.6 Å². The van der Waals surface area contributed by atoms with Crippen LogP contribution in [0.15, 0.2) is 6.07 Å². The van der Waals surface area contributed by atoms with Crippen molar-refractivity contribution in [3.8, 4) is 0 Å². The maximum absolute atomic E-state index is 4.47. The van der Waals surface area contributed by atoms with Gasteiger partial charge in [-0.3, -0.25) is 4.68 Å². The standard InChI is InChI=1S/C13H23N3/c1-5-16-12(8-10(2)15-16)9-14-13(3,4)11-6-7-11/h8,11,14H,5-7,9H2,1-4H3. The molecule has 1 N–H and O–H groups in total. The number of rotatable bonds is 5. The van der Waals surface area contributed by atoms with Crippen molar-refractivity contribution in [2.24, 2.45) is 5.92 Å². The Labute approximate surface area is 98.2 Å². The van der Waals surface area contributed by atoms with E-state index >= 15 is 0 Å². The van der Waals surface area contributed by atoms with Gasteiger partial charge in [0.15, 0.2) is 0 Å². The second-order valence-corrected chi connectivity index (χ2v) is 5.44. The first kappa shape index (κ1) is 11.6. The summed E-state index contributed by atoms with van der Waals surface area (Å²) in [5, 5.41) is 8.13. The number of aromatic nitrogens is 2. The summed E-state index contributed by atoms with van der Waals surface area (Å²) in [6, 6.07) is 2.18. The minimum Gasteiger partial charge on any atom is -0.306 e. The molecule has 90 valence electrons. The first-order valence-electron chi connectivity index (χ1n) is 6.31. The molecule has 1 aliphatic carbocycles. The summed E-state index contributed by atoms with van der Waals surface area (Å²) in [4.78, 5) is 0. The second kappa shape index (κ2) is 4.21. The van der Waals surface area contributed by atoms with E-state index in [0.29, 0.717) is 0 Å². The summed E-state index contributed by atoms with van der Waals surface area (Å²) < 4.78 is 2.09. The lowest BCUT2D eigenvalue weighted by Crippen LogP contribution is -2.41. The van der Waals surface area contributed by atoms with E-state index in [9.17, 15) is 0 Å². The molecule has 0 aliphatic heterocycles. The zero-order valence-electron chi connectivity index (χ0n) is 10.9. The molecule has 1 fully saturated rings. The van der Waals surface area contributed by atoms with Crippen LogP contribution in [0.2, 0.25) is 0 Å². The van der Waals surface area contributed by atoms with E-state index in [4.69, 9.17) is 0 Å². The predicted molar refractivity (Wildman–Crippen MR) is 66.3 cm³/mol. The normalized spacial score (nSPS) is 16.8. The Bertz CT molecular complexity index is 361. The third-order valence-corrected chi connectivity index (χ3v) is 3.61. The van der Waals surface area contributed by atoms with Crippen LogP contribution < -0.4 is 5.32 Å². The van der Waals surface area contributed by atoms with Gasteiger partial charge in [0.05, 0.1) is 11.4 Å². The fourth-order valence-electron chi connectivity index (χ4n) is 2.28. The van der Waals surface area contributed by atoms with Crippen LogP contribution >= 0.6 is 0 Å². The Morgan fingerprint density at radius 1 is 1.50 bits per heavy atom. The van der Waals surface area contributed by atoms with Crippen LogP contribution in [0.1, 0.15) is 45.0 Å². The highest BCUT2D eigenvalue weighted by atomic mass is 15.3. The summed E-state index contributed by atoms with van der Waals surface area (Å²) in [6.45, 7) is 10.7. The zero-order valence-corrected chi connectivity index (χ0v) is 10.9. The molecule has 1 heterocycles. The summed E-state index contributed by atoms with van der Waals surface area (Å²) >= 11 is 0. The third-order valence-electron chi connectivity index (χ3n) is 3.61. The van der Waals surface area contributed by atoms with E-state index in [1.54, 1.807) is 0 Å². The summed E-state index contributed by atoms with van der Waals surface area (Å²) in [5.41, 5.74) is 2.69. The van der Waals surface area contributed by atoms with Gasteiger partial charge in [0.1, 0.15) is 0 Å². The summed E-state index contributed by atoms with van der Waals surface area (Å²) in [6.07, 6.45) is 2.76. The molecule has 3 nitrogen and oxygen atoms in total. The molecule has 16 heavy (non-hydrogen) atoms. The van der Waals surface area contributed by atoms with Gasteiger partial charge in [-0.1, -0.05) is 0 Å². The van der Waals surface area contributed by atoms with Gasteiger partial charge in [0.2, 0.25) is 0 Å². The smallest absolute Gasteiger partial charge is 0.0597 e. The molecule has 0 spiro atoms. The molecular formula is C13H23N3. The average molecular weight is 221 g/mol. The van der Waals surface area contributed by atoms with Crippen LogP contribution in [0.25, 0.3) is 0 Å². The summed E-state index contributed by atoms with van der Waals surface area (Å²) in [5.74, 6) is 0.867. The zero-order chi connectivity index (χ0) is 11.8. The van der Waals surface area contributed by atoms with Crippen molar-refractivity contribution in [2.75, 3.05) is 0 Å². The quantitative estimate of drug-likeness (QED) is 0.828. The molecule has 1 saturated carbocycles. The molecule has 0 unspecified atom stereocenters. The van der Waals surface area contributed by atoms with Crippen molar-refractivity contribution in [3.05, 3.63) is 17.5 Å². The first-order valence-corrected chi connectivity index (χ1v) is 6.31. The van der Waals surface area contributed by atoms with Crippen molar-refractivity contribution < 1.29 is 0 Å². The minimum absolute atomic E-state index is 0.275. The van der Waals surface area contributed by atoms with Crippen molar-refractivity contribution in [1.29, 1.82) is 0 Å². The Kier molecular flexibility index (Phi) is 3.06. The molecule has 0 aromatic carbocycles. The van der Waals surface area contributed by atoms with Gasteiger partial charge in [-0.15, -0.1) is 0 Å². The molecule has 0 bridgehead atoms. The number of hydrogen-bond acceptors (Lipinski definition) is 2. The van der Waals surface area contributed by atoms with Crippen molar-refractivity contribution >= 4 is 0 Å². The Hall–Kier alpha value is -0.830. The van der Waals surface area contributed by atoms with Crippen molar-refractivity contribution in [1.82, 2.24) is 15.1 Å². The molecule has 0 amide bonds. The second-order valence-electron chi connectivity index (χ2n) is 5.44. The molecule has 1 aliphatic rings. The van der Waals surface area contributed by atoms with Crippen LogP contribution in [0, 0.1) is 12.8 Å². The highest BCUT2D eigenvalue weighted by Gasteiger charge is 2.37. The SMILES string of the molecule is CCn1nc(C)cc1CNC(C)(C)C1CC1. The number of hydrogen-bond donors (Lipinski definition) is 1. The first-order chi connectivity index (χ1) is 7.53. The lowest BCUT2D eigenvalue weighted by Gasteiger charge is -2.26. The van der Waals surface area contributed by atoms with Crippen molar-refractivity contribution in [3.63, 3.8) is 0 Å². The van der Waals surface area contributed by atoms with Crippen LogP contribution in [0.3, 0.4) is 0 Å². The van der Waals surface area contributed by atoms with Gasteiger partial charge in [-0.25, -0.2) is 0 Å². The monoisotopic (exact) mass is 221 g/mol. The van der Waals surface area contributed by atoms with Gasteiger partial charge >= 0.3 is 0 Å². The number of nitrogens with one attached hydrogen (secondary N) is 1. The van der Waals surface area contributed by atoms with Gasteiger partial charge in [-0.2, -0.15) is 5.10 Å². The fourth-order valence-corrected chi connectivity index (χ4v) is 2.28. The predicted octanol–water partition coefficient (Wildman–Crippen LogP) is 2.49. The molecule has 2 rings (SSSR count). The Balaban J connectivity index is 1.98. The van der Waals surface area contributed by atoms with E-state index in [1.165, 1.54) is 18.5 Å². The maximum atomic E-state index is 4.47. The highest BCUT2D eigenvalue weighted by molar-refractivity contribution is 5.09. The van der Waals surface area contributed by atoms with Gasteiger partial charge in [-0.05, 0) is 52.5 Å². The topological polar surface area (TPSA) is 29.9 Å². The largest absolute Gasteiger partial charge is 0.306 e. The Morgan fingerprint density at radius 2 is 2.19 bits per heavy atom. The van der Waals surface area contributed by atoms with Crippen LogP contribution in [0.4, 0.5) is 0 Å². The number of nitrogens with zero attached hydrogens (tertiary/aromatic N) is 2. The fraction of sp³-hybridized carbons (Fsp3) is 0.769. The minimum atomic E-state index is 0.275. The molecule has 0 saturated heterocycles. The van der Waals surface area contributed by atoms with E-state index in [0.717, 1.165) is 24.7 Å². The van der Waals surface area contributed by atoms with E-state index in [1.807, 2.05) is 0 Å². The van der Waals surface area contributed by atoms with Crippen molar-refractivity contribution in [2.45, 2.75) is 59.2 Å². The lowest BCUT2D eigenvalue weighted by atomic mass is 9.99. The Morgan fingerprint density at radius 3 is 2.75 bits per heavy atom. The van der Waals surface area contributed by atoms with Crippen LogP contribution in [0.5, 0.6) is 0 Å². The molecule has 0 radical (unpaired) electrons. The highest BCUT2D eigenvalue weighted by Crippen LogP contribution is 2.39. The number of aryl methyl sites for hydroxylation is 2. The lowest BCUT2D eigenvalue weighted by molar-refractivity contribution is 0.334. The van der Waals surface area contributed by atoms with Gasteiger partial charge in [0.25, 0.3) is 0 Å². The summed E-state index contributed by atoms with van der Waals surface area (Å²) in [7, 11) is 0. The molecule has 1 aromatic heterocycles. The van der Waals surface area contributed by atoms with Gasteiger partial charge < -0.3 is 5.32 Å². The molecule has 1 aromatic rings. The van der Waals surface area contributed by atoms with Crippen LogP contribution in [-0.2, 0) is 13.1 Å². The van der Waals surface area contributed by atoms with E-state index in [-0.39, 0.29) is 5.54 Å².